The fourth-order valence-corrected chi connectivity index (χ4v) is 3.64. The highest BCUT2D eigenvalue weighted by atomic mass is 32.1. The molecule has 0 saturated carbocycles. The second kappa shape index (κ2) is 6.18. The first kappa shape index (κ1) is 13.9. The maximum Gasteiger partial charge on any atom is 0.261 e. The monoisotopic (exact) mass is 302 g/mol. The van der Waals surface area contributed by atoms with E-state index in [0.717, 1.165) is 17.7 Å². The van der Waals surface area contributed by atoms with Crippen LogP contribution in [0.2, 0.25) is 0 Å². The third-order valence-corrected chi connectivity index (χ3v) is 4.77. The number of nitrogens with one attached hydrogen (secondary N) is 1. The van der Waals surface area contributed by atoms with Crippen molar-refractivity contribution in [3.05, 3.63) is 45.6 Å². The topological polar surface area (TPSA) is 64.3 Å². The number of aryl methyl sites for hydroxylation is 2. The van der Waals surface area contributed by atoms with Gasteiger partial charge in [-0.3, -0.25) is 4.79 Å². The van der Waals surface area contributed by atoms with Crippen molar-refractivity contribution in [3.8, 4) is 5.75 Å². The summed E-state index contributed by atoms with van der Waals surface area (Å²) in [6, 6.07) is 9.37. The summed E-state index contributed by atoms with van der Waals surface area (Å²) in [5.41, 5.74) is 7.74. The maximum atomic E-state index is 12.0. The number of para-hydroxylation sites is 2. The predicted molar refractivity (Wildman–Crippen MR) is 85.0 cm³/mol. The quantitative estimate of drug-likeness (QED) is 0.659. The van der Waals surface area contributed by atoms with Gasteiger partial charge in [-0.15, -0.1) is 11.3 Å². The fraction of sp³-hybridized carbons (Fsp3) is 0.312. The van der Waals surface area contributed by atoms with Crippen molar-refractivity contribution >= 4 is 22.9 Å². The molecule has 1 aliphatic carbocycles. The maximum absolute atomic E-state index is 12.0. The lowest BCUT2D eigenvalue weighted by Gasteiger charge is -2.09. The van der Waals surface area contributed by atoms with Gasteiger partial charge in [0.2, 0.25) is 0 Å². The Morgan fingerprint density at radius 2 is 2.19 bits per heavy atom. The lowest BCUT2D eigenvalue weighted by molar-refractivity contribution is 0.0951. The molecular formula is C16H18N2O2S. The summed E-state index contributed by atoms with van der Waals surface area (Å²) in [7, 11) is 0. The van der Waals surface area contributed by atoms with Crippen LogP contribution in [0.25, 0.3) is 0 Å². The number of thiophene rings is 1. The normalized spacial score (nSPS) is 13.0. The standard InChI is InChI=1S/C16H18N2O2S/c17-12-5-1-2-6-13(12)20-9-8-18-16(19)15-10-11-4-3-7-14(11)21-15/h1-2,5-6,10H,3-4,7-9,17H2,(H,18,19). The molecule has 3 N–H and O–H groups in total. The lowest BCUT2D eigenvalue weighted by atomic mass is 10.2. The van der Waals surface area contributed by atoms with Crippen molar-refractivity contribution in [1.82, 2.24) is 5.32 Å². The van der Waals surface area contributed by atoms with E-state index in [1.54, 1.807) is 17.4 Å². The second-order valence-corrected chi connectivity index (χ2v) is 6.19. The molecule has 1 aromatic carbocycles. The van der Waals surface area contributed by atoms with Crippen molar-refractivity contribution in [2.45, 2.75) is 19.3 Å². The van der Waals surface area contributed by atoms with E-state index >= 15 is 0 Å². The average Bonchev–Trinajstić information content (AvgIpc) is 3.06. The summed E-state index contributed by atoms with van der Waals surface area (Å²) in [4.78, 5) is 14.2. The highest BCUT2D eigenvalue weighted by molar-refractivity contribution is 7.14. The van der Waals surface area contributed by atoms with E-state index in [9.17, 15) is 4.79 Å². The van der Waals surface area contributed by atoms with Crippen LogP contribution in [-0.4, -0.2) is 19.1 Å². The molecule has 1 aromatic heterocycles. The molecule has 5 heteroatoms. The molecule has 4 nitrogen and oxygen atoms in total. The SMILES string of the molecule is Nc1ccccc1OCCNC(=O)c1cc2c(s1)CCC2. The van der Waals surface area contributed by atoms with Crippen LogP contribution in [0.3, 0.4) is 0 Å². The molecule has 3 rings (SSSR count). The smallest absolute Gasteiger partial charge is 0.261 e. The first-order valence-electron chi connectivity index (χ1n) is 7.11. The summed E-state index contributed by atoms with van der Waals surface area (Å²) < 4.78 is 5.55. The molecule has 21 heavy (non-hydrogen) atoms. The molecule has 0 bridgehead atoms. The Hall–Kier alpha value is -2.01. The number of hydrogen-bond donors (Lipinski definition) is 2. The molecule has 0 aliphatic heterocycles. The van der Waals surface area contributed by atoms with Crippen LogP contribution in [0.1, 0.15) is 26.5 Å². The molecule has 0 fully saturated rings. The Morgan fingerprint density at radius 3 is 3.00 bits per heavy atom. The summed E-state index contributed by atoms with van der Waals surface area (Å²) >= 11 is 1.61. The molecule has 0 spiro atoms. The predicted octanol–water partition coefficient (Wildman–Crippen LogP) is 2.63. The van der Waals surface area contributed by atoms with Gasteiger partial charge in [-0.1, -0.05) is 12.1 Å². The van der Waals surface area contributed by atoms with Crippen LogP contribution in [0.4, 0.5) is 5.69 Å². The van der Waals surface area contributed by atoms with Crippen molar-refractivity contribution in [2.24, 2.45) is 0 Å². The van der Waals surface area contributed by atoms with Crippen molar-refractivity contribution in [2.75, 3.05) is 18.9 Å². The van der Waals surface area contributed by atoms with Gasteiger partial charge in [0.05, 0.1) is 17.1 Å². The fourth-order valence-electron chi connectivity index (χ4n) is 2.47. The van der Waals surface area contributed by atoms with Gasteiger partial charge in [-0.05, 0) is 43.0 Å². The average molecular weight is 302 g/mol. The van der Waals surface area contributed by atoms with E-state index < -0.39 is 0 Å². The number of hydrogen-bond acceptors (Lipinski definition) is 4. The molecule has 110 valence electrons. The molecule has 2 aromatic rings. The summed E-state index contributed by atoms with van der Waals surface area (Å²) in [5, 5.41) is 2.88. The number of fused-ring (bicyclic) bond motifs is 1. The number of carbonyl (C=O) groups excluding carboxylic acids is 1. The largest absolute Gasteiger partial charge is 0.490 e. The Kier molecular flexibility index (Phi) is 4.10. The summed E-state index contributed by atoms with van der Waals surface area (Å²) in [6.07, 6.45) is 3.44. The van der Waals surface area contributed by atoms with Gasteiger partial charge in [0.15, 0.2) is 0 Å². The van der Waals surface area contributed by atoms with Crippen LogP contribution in [0, 0.1) is 0 Å². The van der Waals surface area contributed by atoms with Crippen LogP contribution in [0.15, 0.2) is 30.3 Å². The Bertz CT molecular complexity index is 630. The molecule has 0 radical (unpaired) electrons. The van der Waals surface area contributed by atoms with E-state index in [0.29, 0.717) is 24.6 Å². The van der Waals surface area contributed by atoms with E-state index in [1.165, 1.54) is 16.9 Å². The lowest BCUT2D eigenvalue weighted by Crippen LogP contribution is -2.27. The first-order chi connectivity index (χ1) is 10.2. The van der Waals surface area contributed by atoms with Crippen LogP contribution < -0.4 is 15.8 Å². The van der Waals surface area contributed by atoms with Crippen LogP contribution in [0.5, 0.6) is 5.75 Å². The van der Waals surface area contributed by atoms with Gasteiger partial charge in [0.1, 0.15) is 12.4 Å². The highest BCUT2D eigenvalue weighted by Gasteiger charge is 2.18. The van der Waals surface area contributed by atoms with Crippen LogP contribution in [-0.2, 0) is 12.8 Å². The zero-order chi connectivity index (χ0) is 14.7. The highest BCUT2D eigenvalue weighted by Crippen LogP contribution is 2.30. The molecule has 0 atom stereocenters. The van der Waals surface area contributed by atoms with Gasteiger partial charge in [0, 0.05) is 4.88 Å². The number of amides is 1. The zero-order valence-electron chi connectivity index (χ0n) is 11.7. The number of nitrogen functional groups attached to an aromatic ring is 1. The molecular weight excluding hydrogens is 284 g/mol. The number of nitrogens with two attached hydrogens (primary N) is 1. The van der Waals surface area contributed by atoms with Crippen molar-refractivity contribution < 1.29 is 9.53 Å². The molecule has 0 unspecified atom stereocenters. The van der Waals surface area contributed by atoms with Gasteiger partial charge in [0.25, 0.3) is 5.91 Å². The minimum absolute atomic E-state index is 0.0148. The van der Waals surface area contributed by atoms with E-state index in [4.69, 9.17) is 10.5 Å². The van der Waals surface area contributed by atoms with E-state index in [1.807, 2.05) is 24.3 Å². The Morgan fingerprint density at radius 1 is 1.33 bits per heavy atom. The van der Waals surface area contributed by atoms with Gasteiger partial charge in [-0.25, -0.2) is 0 Å². The second-order valence-electron chi connectivity index (χ2n) is 5.05. The summed E-state index contributed by atoms with van der Waals surface area (Å²) in [6.45, 7) is 0.876. The molecule has 1 heterocycles. The number of ether oxygens (including phenoxy) is 1. The van der Waals surface area contributed by atoms with Gasteiger partial charge >= 0.3 is 0 Å². The molecule has 0 saturated heterocycles. The number of carbonyl (C=O) groups is 1. The minimum atomic E-state index is -0.0148. The zero-order valence-corrected chi connectivity index (χ0v) is 12.5. The Labute approximate surface area is 127 Å². The van der Waals surface area contributed by atoms with Crippen molar-refractivity contribution in [3.63, 3.8) is 0 Å². The third kappa shape index (κ3) is 3.19. The third-order valence-electron chi connectivity index (χ3n) is 3.53. The van der Waals surface area contributed by atoms with E-state index in [-0.39, 0.29) is 5.91 Å². The molecule has 1 amide bonds. The summed E-state index contributed by atoms with van der Waals surface area (Å²) in [5.74, 6) is 0.640. The van der Waals surface area contributed by atoms with Gasteiger partial charge in [-0.2, -0.15) is 0 Å². The van der Waals surface area contributed by atoms with Crippen molar-refractivity contribution in [1.29, 1.82) is 0 Å². The van der Waals surface area contributed by atoms with E-state index in [2.05, 4.69) is 5.32 Å². The number of rotatable bonds is 5. The van der Waals surface area contributed by atoms with Crippen LogP contribution >= 0.6 is 11.3 Å². The first-order valence-corrected chi connectivity index (χ1v) is 7.93. The molecule has 1 aliphatic rings. The number of anilines is 1. The Balaban J connectivity index is 1.47. The van der Waals surface area contributed by atoms with Gasteiger partial charge < -0.3 is 15.8 Å². The number of benzene rings is 1. The minimum Gasteiger partial charge on any atom is -0.490 e.